The van der Waals surface area contributed by atoms with Gasteiger partial charge in [-0.25, -0.2) is 4.79 Å². The van der Waals surface area contributed by atoms with Crippen LogP contribution in [0.15, 0.2) is 47.3 Å². The second kappa shape index (κ2) is 6.34. The van der Waals surface area contributed by atoms with E-state index in [1.165, 1.54) is 0 Å². The third-order valence-electron chi connectivity index (χ3n) is 3.26. The summed E-state index contributed by atoms with van der Waals surface area (Å²) in [6, 6.07) is 0. The zero-order valence-corrected chi connectivity index (χ0v) is 11.1. The van der Waals surface area contributed by atoms with E-state index in [0.717, 1.165) is 5.57 Å². The molecule has 0 spiro atoms. The first-order valence-corrected chi connectivity index (χ1v) is 6.28. The molecule has 0 radical (unpaired) electrons. The Kier molecular flexibility index (Phi) is 4.53. The summed E-state index contributed by atoms with van der Waals surface area (Å²) < 4.78 is 9.93. The van der Waals surface area contributed by atoms with E-state index in [1.807, 2.05) is 24.3 Å². The molecule has 2 aliphatic rings. The highest BCUT2D eigenvalue weighted by atomic mass is 16.6. The number of hydrogen-bond donors (Lipinski definition) is 1. The monoisotopic (exact) mass is 276 g/mol. The van der Waals surface area contributed by atoms with Crippen LogP contribution in [-0.2, 0) is 19.1 Å². The van der Waals surface area contributed by atoms with Crippen molar-refractivity contribution in [3.05, 3.63) is 47.3 Å². The molecule has 2 atom stereocenters. The van der Waals surface area contributed by atoms with Crippen molar-refractivity contribution in [3.8, 4) is 0 Å². The van der Waals surface area contributed by atoms with Gasteiger partial charge in [0.15, 0.2) is 6.10 Å². The first-order chi connectivity index (χ1) is 9.65. The van der Waals surface area contributed by atoms with E-state index >= 15 is 0 Å². The molecule has 0 unspecified atom stereocenters. The number of esters is 1. The SMILES string of the molecule is COC1=CC=CCC(/C=C(\C=O)[C@@H]2COC(=O)[C@@H]2O)=C1. The molecular formula is C15H16O5. The summed E-state index contributed by atoms with van der Waals surface area (Å²) >= 11 is 0. The highest BCUT2D eigenvalue weighted by molar-refractivity contribution is 5.83. The van der Waals surface area contributed by atoms with Gasteiger partial charge in [-0.2, -0.15) is 0 Å². The topological polar surface area (TPSA) is 72.8 Å². The lowest BCUT2D eigenvalue weighted by molar-refractivity contribution is -0.144. The van der Waals surface area contributed by atoms with Crippen LogP contribution in [0.25, 0.3) is 0 Å². The van der Waals surface area contributed by atoms with E-state index in [9.17, 15) is 14.7 Å². The Morgan fingerprint density at radius 3 is 2.95 bits per heavy atom. The number of hydrogen-bond acceptors (Lipinski definition) is 5. The van der Waals surface area contributed by atoms with Crippen molar-refractivity contribution in [3.63, 3.8) is 0 Å². The second-order valence-corrected chi connectivity index (χ2v) is 4.57. The second-order valence-electron chi connectivity index (χ2n) is 4.57. The fourth-order valence-corrected chi connectivity index (χ4v) is 2.12. The summed E-state index contributed by atoms with van der Waals surface area (Å²) in [5, 5.41) is 9.70. The van der Waals surface area contributed by atoms with Crippen molar-refractivity contribution in [2.24, 2.45) is 5.92 Å². The molecular weight excluding hydrogens is 260 g/mol. The first-order valence-electron chi connectivity index (χ1n) is 6.28. The lowest BCUT2D eigenvalue weighted by Gasteiger charge is -2.10. The summed E-state index contributed by atoms with van der Waals surface area (Å²) in [5.41, 5.74) is 1.21. The molecule has 1 aliphatic carbocycles. The average molecular weight is 276 g/mol. The highest BCUT2D eigenvalue weighted by Crippen LogP contribution is 2.25. The van der Waals surface area contributed by atoms with Gasteiger partial charge in [0, 0.05) is 5.57 Å². The van der Waals surface area contributed by atoms with Crippen LogP contribution < -0.4 is 0 Å². The Hall–Kier alpha value is -2.14. The van der Waals surface area contributed by atoms with Crippen LogP contribution >= 0.6 is 0 Å². The molecule has 0 aromatic carbocycles. The number of carbonyl (C=O) groups is 2. The first kappa shape index (κ1) is 14.3. The predicted molar refractivity (Wildman–Crippen MR) is 71.5 cm³/mol. The third-order valence-corrected chi connectivity index (χ3v) is 3.26. The normalized spacial score (nSPS) is 26.5. The number of methoxy groups -OCH3 is 1. The van der Waals surface area contributed by atoms with Crippen LogP contribution in [-0.4, -0.2) is 37.2 Å². The van der Waals surface area contributed by atoms with Gasteiger partial charge in [0.1, 0.15) is 18.7 Å². The summed E-state index contributed by atoms with van der Waals surface area (Å²) in [6.45, 7) is 0.0284. The fourth-order valence-electron chi connectivity index (χ4n) is 2.12. The Morgan fingerprint density at radius 2 is 2.35 bits per heavy atom. The molecule has 0 saturated carbocycles. The van der Waals surface area contributed by atoms with Gasteiger partial charge in [-0.05, 0) is 24.1 Å². The van der Waals surface area contributed by atoms with Crippen LogP contribution in [0.4, 0.5) is 0 Å². The quantitative estimate of drug-likeness (QED) is 0.472. The number of allylic oxidation sites excluding steroid dienone is 6. The van der Waals surface area contributed by atoms with Gasteiger partial charge < -0.3 is 14.6 Å². The smallest absolute Gasteiger partial charge is 0.335 e. The fraction of sp³-hybridized carbons (Fsp3) is 0.333. The minimum Gasteiger partial charge on any atom is -0.497 e. The molecule has 5 heteroatoms. The van der Waals surface area contributed by atoms with Gasteiger partial charge in [0.05, 0.1) is 13.0 Å². The van der Waals surface area contributed by atoms with Crippen LogP contribution in [0.2, 0.25) is 0 Å². The highest BCUT2D eigenvalue weighted by Gasteiger charge is 2.37. The Balaban J connectivity index is 2.25. The molecule has 0 amide bonds. The zero-order chi connectivity index (χ0) is 14.5. The summed E-state index contributed by atoms with van der Waals surface area (Å²) in [5.74, 6) is -0.618. The number of aliphatic hydroxyl groups excluding tert-OH is 1. The predicted octanol–water partition coefficient (Wildman–Crippen LogP) is 1.06. The molecule has 106 valence electrons. The lowest BCUT2D eigenvalue weighted by atomic mass is 9.94. The molecule has 20 heavy (non-hydrogen) atoms. The molecule has 0 bridgehead atoms. The van der Waals surface area contributed by atoms with Gasteiger partial charge in [-0.15, -0.1) is 0 Å². The van der Waals surface area contributed by atoms with Gasteiger partial charge >= 0.3 is 5.97 Å². The Bertz CT molecular complexity index is 524. The summed E-state index contributed by atoms with van der Waals surface area (Å²) in [4.78, 5) is 22.4. The third kappa shape index (κ3) is 3.05. The molecule has 1 N–H and O–H groups in total. The van der Waals surface area contributed by atoms with Crippen LogP contribution in [0, 0.1) is 5.92 Å². The van der Waals surface area contributed by atoms with Gasteiger partial charge in [-0.3, -0.25) is 4.79 Å². The van der Waals surface area contributed by atoms with Crippen molar-refractivity contribution in [1.29, 1.82) is 0 Å². The van der Waals surface area contributed by atoms with E-state index in [1.54, 1.807) is 13.2 Å². The van der Waals surface area contributed by atoms with E-state index < -0.39 is 18.0 Å². The number of aliphatic hydroxyl groups is 1. The van der Waals surface area contributed by atoms with Gasteiger partial charge in [-0.1, -0.05) is 18.2 Å². The van der Waals surface area contributed by atoms with E-state index in [0.29, 0.717) is 24.0 Å². The molecule has 1 saturated heterocycles. The molecule has 5 nitrogen and oxygen atoms in total. The Morgan fingerprint density at radius 1 is 1.55 bits per heavy atom. The van der Waals surface area contributed by atoms with Crippen molar-refractivity contribution in [2.75, 3.05) is 13.7 Å². The van der Waals surface area contributed by atoms with Gasteiger partial charge in [0.25, 0.3) is 0 Å². The van der Waals surface area contributed by atoms with E-state index in [-0.39, 0.29) is 6.61 Å². The molecule has 0 aromatic heterocycles. The van der Waals surface area contributed by atoms with Gasteiger partial charge in [0.2, 0.25) is 0 Å². The van der Waals surface area contributed by atoms with Crippen LogP contribution in [0.5, 0.6) is 0 Å². The van der Waals surface area contributed by atoms with Crippen molar-refractivity contribution in [2.45, 2.75) is 12.5 Å². The number of carbonyl (C=O) groups excluding carboxylic acids is 2. The van der Waals surface area contributed by atoms with Crippen molar-refractivity contribution < 1.29 is 24.2 Å². The minimum absolute atomic E-state index is 0.0284. The van der Waals surface area contributed by atoms with E-state index in [2.05, 4.69) is 0 Å². The molecule has 2 rings (SSSR count). The van der Waals surface area contributed by atoms with Crippen molar-refractivity contribution in [1.82, 2.24) is 0 Å². The Labute approximate surface area is 116 Å². The standard InChI is InChI=1S/C15H16O5/c1-19-12-5-3-2-4-10(7-12)6-11(8-16)13-9-20-15(18)14(13)17/h2-3,5-8,13-14,17H,4,9H2,1H3/b11-6+/t13-,14+/m0/s1. The number of rotatable bonds is 4. The van der Waals surface area contributed by atoms with E-state index in [4.69, 9.17) is 9.47 Å². The molecule has 1 heterocycles. The summed E-state index contributed by atoms with van der Waals surface area (Å²) in [6.07, 6.45) is 9.12. The minimum atomic E-state index is -1.27. The molecule has 1 fully saturated rings. The lowest BCUT2D eigenvalue weighted by Crippen LogP contribution is -2.24. The molecule has 1 aliphatic heterocycles. The van der Waals surface area contributed by atoms with Crippen LogP contribution in [0.3, 0.4) is 0 Å². The maximum atomic E-state index is 11.2. The summed E-state index contributed by atoms with van der Waals surface area (Å²) in [7, 11) is 1.57. The number of ether oxygens (including phenoxy) is 2. The maximum Gasteiger partial charge on any atom is 0.335 e. The average Bonchev–Trinajstić information content (AvgIpc) is 2.69. The number of cyclic esters (lactones) is 1. The zero-order valence-electron chi connectivity index (χ0n) is 11.1. The van der Waals surface area contributed by atoms with Crippen LogP contribution in [0.1, 0.15) is 6.42 Å². The molecule has 0 aromatic rings. The maximum absolute atomic E-state index is 11.2. The number of aldehydes is 1. The van der Waals surface area contributed by atoms with Crippen molar-refractivity contribution >= 4 is 12.3 Å². The largest absolute Gasteiger partial charge is 0.497 e.